The van der Waals surface area contributed by atoms with Crippen LogP contribution in [0.3, 0.4) is 0 Å². The summed E-state index contributed by atoms with van der Waals surface area (Å²) in [5.41, 5.74) is 3.71. The molecule has 0 fully saturated rings. The Morgan fingerprint density at radius 2 is 1.00 bits per heavy atom. The van der Waals surface area contributed by atoms with E-state index < -0.39 is 11.8 Å². The molecule has 0 bridgehead atoms. The van der Waals surface area contributed by atoms with Crippen molar-refractivity contribution in [2.75, 3.05) is 0 Å². The highest BCUT2D eigenvalue weighted by molar-refractivity contribution is 6.08. The molecule has 37 heavy (non-hydrogen) atoms. The molecular formula is C32H24N4O. The smallest absolute Gasteiger partial charge is 0.167 e. The Bertz CT molecular complexity index is 1760. The number of aromatic nitrogens is 4. The third-order valence-corrected chi connectivity index (χ3v) is 7.27. The maximum absolute atomic E-state index is 13.1. The minimum absolute atomic E-state index is 0.686. The summed E-state index contributed by atoms with van der Waals surface area (Å²) in [6.07, 6.45) is -0.686. The summed E-state index contributed by atoms with van der Waals surface area (Å²) in [5.74, 6) is 0. The maximum atomic E-state index is 13.1. The van der Waals surface area contributed by atoms with Gasteiger partial charge in [0, 0.05) is 10.8 Å². The predicted octanol–water partition coefficient (Wildman–Crippen LogP) is 6.52. The standard InChI is InChI=1S/C32H24N4O/c37-32(23-13-3-1-4-14-23,24-15-5-2-6-16-24)31(36-30-22-12-9-19-27(30)33-34-36)35-28-20-10-7-17-25(28)26-18-8-11-21-29(26)35/h1-22,31,37H. The largest absolute Gasteiger partial charge is 0.376 e. The zero-order valence-corrected chi connectivity index (χ0v) is 20.0. The number of rotatable bonds is 5. The summed E-state index contributed by atoms with van der Waals surface area (Å²) in [7, 11) is 0. The van der Waals surface area contributed by atoms with E-state index in [-0.39, 0.29) is 0 Å². The van der Waals surface area contributed by atoms with Crippen molar-refractivity contribution in [2.24, 2.45) is 0 Å². The lowest BCUT2D eigenvalue weighted by Gasteiger charge is -2.39. The molecule has 0 aliphatic carbocycles. The van der Waals surface area contributed by atoms with E-state index in [4.69, 9.17) is 0 Å². The van der Waals surface area contributed by atoms with Crippen molar-refractivity contribution >= 4 is 32.8 Å². The highest BCUT2D eigenvalue weighted by Gasteiger charge is 2.45. The predicted molar refractivity (Wildman–Crippen MR) is 147 cm³/mol. The summed E-state index contributed by atoms with van der Waals surface area (Å²) < 4.78 is 4.08. The molecule has 7 aromatic rings. The lowest BCUT2D eigenvalue weighted by atomic mass is 9.83. The van der Waals surface area contributed by atoms with Gasteiger partial charge in [0.25, 0.3) is 0 Å². The van der Waals surface area contributed by atoms with Gasteiger partial charge in [-0.3, -0.25) is 0 Å². The van der Waals surface area contributed by atoms with Crippen LogP contribution < -0.4 is 0 Å². The lowest BCUT2D eigenvalue weighted by molar-refractivity contribution is 0.00834. The van der Waals surface area contributed by atoms with Crippen molar-refractivity contribution < 1.29 is 5.11 Å². The molecule has 1 N–H and O–H groups in total. The minimum Gasteiger partial charge on any atom is -0.376 e. The summed E-state index contributed by atoms with van der Waals surface area (Å²) in [5, 5.41) is 24.5. The van der Waals surface area contributed by atoms with E-state index in [1.54, 1.807) is 0 Å². The van der Waals surface area contributed by atoms with Gasteiger partial charge in [-0.15, -0.1) is 5.10 Å². The van der Waals surface area contributed by atoms with Crippen LogP contribution in [0.5, 0.6) is 0 Å². The van der Waals surface area contributed by atoms with Crippen molar-refractivity contribution in [3.05, 3.63) is 145 Å². The average molecular weight is 481 g/mol. The number of hydrogen-bond donors (Lipinski definition) is 1. The van der Waals surface area contributed by atoms with Crippen molar-refractivity contribution in [2.45, 2.75) is 11.8 Å². The molecule has 0 saturated carbocycles. The Kier molecular flexibility index (Phi) is 4.91. The fourth-order valence-electron chi connectivity index (χ4n) is 5.61. The van der Waals surface area contributed by atoms with E-state index in [9.17, 15) is 5.11 Å². The first kappa shape index (κ1) is 21.5. The topological polar surface area (TPSA) is 55.9 Å². The van der Waals surface area contributed by atoms with Gasteiger partial charge >= 0.3 is 0 Å². The number of benzene rings is 5. The van der Waals surface area contributed by atoms with Crippen LogP contribution in [0.4, 0.5) is 0 Å². The first-order valence-corrected chi connectivity index (χ1v) is 12.4. The number of nitrogens with zero attached hydrogens (tertiary/aromatic N) is 4. The first-order valence-electron chi connectivity index (χ1n) is 12.4. The van der Waals surface area contributed by atoms with Crippen LogP contribution in [0, 0.1) is 0 Å². The van der Waals surface area contributed by atoms with Crippen LogP contribution in [-0.2, 0) is 5.60 Å². The van der Waals surface area contributed by atoms with Crippen LogP contribution >= 0.6 is 0 Å². The van der Waals surface area contributed by atoms with Gasteiger partial charge in [-0.1, -0.05) is 114 Å². The van der Waals surface area contributed by atoms with Crippen molar-refractivity contribution in [1.29, 1.82) is 0 Å². The number of para-hydroxylation sites is 3. The lowest BCUT2D eigenvalue weighted by Crippen LogP contribution is -2.42. The fraction of sp³-hybridized carbons (Fsp3) is 0.0625. The molecule has 1 atom stereocenters. The maximum Gasteiger partial charge on any atom is 0.167 e. The normalized spacial score (nSPS) is 12.9. The molecule has 1 unspecified atom stereocenters. The van der Waals surface area contributed by atoms with Gasteiger partial charge < -0.3 is 9.67 Å². The Labute approximate surface area is 213 Å². The van der Waals surface area contributed by atoms with E-state index in [1.807, 2.05) is 102 Å². The Morgan fingerprint density at radius 3 is 1.57 bits per heavy atom. The van der Waals surface area contributed by atoms with E-state index >= 15 is 0 Å². The SMILES string of the molecule is OC(c1ccccc1)(c1ccccc1)C(n1nnc2ccccc21)n1c2ccccc2c2ccccc21. The molecule has 178 valence electrons. The van der Waals surface area contributed by atoms with E-state index in [0.29, 0.717) is 0 Å². The summed E-state index contributed by atoms with van der Waals surface area (Å²) >= 11 is 0. The second-order valence-corrected chi connectivity index (χ2v) is 9.30. The minimum atomic E-state index is -1.48. The molecule has 2 aromatic heterocycles. The van der Waals surface area contributed by atoms with Gasteiger partial charge in [0.2, 0.25) is 0 Å². The molecule has 5 aromatic carbocycles. The zero-order valence-electron chi connectivity index (χ0n) is 20.0. The number of hydrogen-bond acceptors (Lipinski definition) is 3. The Morgan fingerprint density at radius 1 is 0.541 bits per heavy atom. The third-order valence-electron chi connectivity index (χ3n) is 7.27. The second kappa shape index (κ2) is 8.43. The monoisotopic (exact) mass is 480 g/mol. The van der Waals surface area contributed by atoms with Crippen LogP contribution in [0.15, 0.2) is 133 Å². The highest BCUT2D eigenvalue weighted by atomic mass is 16.3. The van der Waals surface area contributed by atoms with Crippen molar-refractivity contribution in [3.8, 4) is 0 Å². The molecule has 0 spiro atoms. The van der Waals surface area contributed by atoms with E-state index in [2.05, 4.69) is 51.3 Å². The fourth-order valence-corrected chi connectivity index (χ4v) is 5.61. The number of aliphatic hydroxyl groups is 1. The van der Waals surface area contributed by atoms with Gasteiger partial charge in [-0.25, -0.2) is 4.68 Å². The van der Waals surface area contributed by atoms with Gasteiger partial charge in [0.15, 0.2) is 11.8 Å². The van der Waals surface area contributed by atoms with Crippen molar-refractivity contribution in [1.82, 2.24) is 19.6 Å². The molecule has 5 nitrogen and oxygen atoms in total. The zero-order chi connectivity index (χ0) is 24.8. The molecule has 0 radical (unpaired) electrons. The first-order chi connectivity index (χ1) is 18.3. The summed E-state index contributed by atoms with van der Waals surface area (Å²) in [4.78, 5) is 0. The third kappa shape index (κ3) is 3.21. The van der Waals surface area contributed by atoms with Gasteiger partial charge in [-0.2, -0.15) is 0 Å². The van der Waals surface area contributed by atoms with Crippen molar-refractivity contribution in [3.63, 3.8) is 0 Å². The van der Waals surface area contributed by atoms with Crippen LogP contribution in [0.1, 0.15) is 17.3 Å². The molecule has 0 amide bonds. The molecule has 7 rings (SSSR count). The molecule has 0 saturated heterocycles. The van der Waals surface area contributed by atoms with Crippen LogP contribution in [0.2, 0.25) is 0 Å². The number of fused-ring (bicyclic) bond motifs is 4. The van der Waals surface area contributed by atoms with Gasteiger partial charge in [-0.05, 0) is 35.4 Å². The summed E-state index contributed by atoms with van der Waals surface area (Å²) in [6.45, 7) is 0. The van der Waals surface area contributed by atoms with Crippen LogP contribution in [0.25, 0.3) is 32.8 Å². The summed E-state index contributed by atoms with van der Waals surface area (Å²) in [6, 6.07) is 44.3. The van der Waals surface area contributed by atoms with E-state index in [1.165, 1.54) is 0 Å². The molecule has 2 heterocycles. The molecular weight excluding hydrogens is 456 g/mol. The van der Waals surface area contributed by atoms with Gasteiger partial charge in [0.05, 0.1) is 16.6 Å². The quantitative estimate of drug-likeness (QED) is 0.305. The average Bonchev–Trinajstić information content (AvgIpc) is 3.54. The Hall–Kier alpha value is -4.74. The second-order valence-electron chi connectivity index (χ2n) is 9.30. The van der Waals surface area contributed by atoms with Crippen LogP contribution in [-0.4, -0.2) is 24.7 Å². The van der Waals surface area contributed by atoms with E-state index in [0.717, 1.165) is 44.0 Å². The highest BCUT2D eigenvalue weighted by Crippen LogP contribution is 2.45. The molecule has 0 aliphatic rings. The molecule has 0 aliphatic heterocycles. The van der Waals surface area contributed by atoms with Gasteiger partial charge in [0.1, 0.15) is 5.52 Å². The Balaban J connectivity index is 1.67. The molecule has 5 heteroatoms.